The van der Waals surface area contributed by atoms with Crippen molar-refractivity contribution in [2.45, 2.75) is 19.9 Å². The lowest BCUT2D eigenvalue weighted by Gasteiger charge is -2.25. The fourth-order valence-electron chi connectivity index (χ4n) is 1.28. The van der Waals surface area contributed by atoms with E-state index in [0.29, 0.717) is 5.56 Å². The number of hydrogen-bond acceptors (Lipinski definition) is 4. The summed E-state index contributed by atoms with van der Waals surface area (Å²) < 4.78 is 5.47. The van der Waals surface area contributed by atoms with E-state index in [1.54, 1.807) is 11.4 Å². The summed E-state index contributed by atoms with van der Waals surface area (Å²) in [5.74, 6) is -0.575. The molecule has 0 saturated carbocycles. The van der Waals surface area contributed by atoms with Gasteiger partial charge in [-0.1, -0.05) is 0 Å². The maximum absolute atomic E-state index is 12.2. The highest BCUT2D eigenvalue weighted by Crippen LogP contribution is 2.22. The first-order chi connectivity index (χ1) is 7.95. The van der Waals surface area contributed by atoms with Gasteiger partial charge in [0.05, 0.1) is 16.5 Å². The zero-order valence-corrected chi connectivity index (χ0v) is 12.3. The highest BCUT2D eigenvalue weighted by Gasteiger charge is 2.22. The van der Waals surface area contributed by atoms with Gasteiger partial charge in [-0.05, 0) is 35.8 Å². The van der Waals surface area contributed by atoms with Crippen LogP contribution < -0.4 is 0 Å². The van der Waals surface area contributed by atoms with Crippen LogP contribution in [0.5, 0.6) is 0 Å². The van der Waals surface area contributed by atoms with Crippen LogP contribution in [-0.4, -0.2) is 36.5 Å². The number of hydrogen-bond donors (Lipinski definition) is 0. The van der Waals surface area contributed by atoms with Crippen molar-refractivity contribution in [1.82, 2.24) is 4.90 Å². The molecule has 1 aromatic rings. The normalized spacial score (nSPS) is 10.4. The molecular formula is C11H14BrNO3S. The summed E-state index contributed by atoms with van der Waals surface area (Å²) in [6.07, 6.45) is 0. The molecule has 1 heterocycles. The number of rotatable bonds is 4. The highest BCUT2D eigenvalue weighted by atomic mass is 79.9. The van der Waals surface area contributed by atoms with E-state index < -0.39 is 5.97 Å². The predicted molar refractivity (Wildman–Crippen MR) is 70.2 cm³/mol. The summed E-state index contributed by atoms with van der Waals surface area (Å²) in [6.45, 7) is 3.70. The van der Waals surface area contributed by atoms with Gasteiger partial charge < -0.3 is 9.64 Å². The van der Waals surface area contributed by atoms with Crippen LogP contribution in [0.15, 0.2) is 15.2 Å². The molecular weight excluding hydrogens is 306 g/mol. The number of methoxy groups -OCH3 is 1. The van der Waals surface area contributed by atoms with Crippen molar-refractivity contribution in [1.29, 1.82) is 0 Å². The molecule has 0 spiro atoms. The summed E-state index contributed by atoms with van der Waals surface area (Å²) in [5, 5.41) is 1.76. The lowest BCUT2D eigenvalue weighted by Crippen LogP contribution is -2.40. The SMILES string of the molecule is COC(=O)CN(C(=O)c1csc(Br)c1)C(C)C. The standard InChI is InChI=1S/C11H14BrNO3S/c1-7(2)13(5-10(14)16-3)11(15)8-4-9(12)17-6-8/h4,6-7H,5H2,1-3H3. The molecule has 0 N–H and O–H groups in total. The Morgan fingerprint density at radius 3 is 2.59 bits per heavy atom. The number of amides is 1. The molecule has 1 amide bonds. The molecule has 1 rings (SSSR count). The van der Waals surface area contributed by atoms with Crippen molar-refractivity contribution in [3.05, 3.63) is 20.8 Å². The fourth-order valence-corrected chi connectivity index (χ4v) is 2.41. The van der Waals surface area contributed by atoms with Crippen LogP contribution in [0.3, 0.4) is 0 Å². The van der Waals surface area contributed by atoms with Gasteiger partial charge in [-0.2, -0.15) is 0 Å². The lowest BCUT2D eigenvalue weighted by molar-refractivity contribution is -0.141. The smallest absolute Gasteiger partial charge is 0.325 e. The molecule has 94 valence electrons. The van der Waals surface area contributed by atoms with E-state index in [0.717, 1.165) is 3.79 Å². The molecule has 0 aromatic carbocycles. The fraction of sp³-hybridized carbons (Fsp3) is 0.455. The Labute approximate surface area is 113 Å². The number of ether oxygens (including phenoxy) is 1. The quantitative estimate of drug-likeness (QED) is 0.801. The van der Waals surface area contributed by atoms with Gasteiger partial charge in [-0.25, -0.2) is 0 Å². The van der Waals surface area contributed by atoms with Crippen LogP contribution in [0, 0.1) is 0 Å². The molecule has 0 fully saturated rings. The minimum atomic E-state index is -0.415. The molecule has 6 heteroatoms. The largest absolute Gasteiger partial charge is 0.468 e. The first kappa shape index (κ1) is 14.2. The minimum Gasteiger partial charge on any atom is -0.468 e. The van der Waals surface area contributed by atoms with E-state index in [9.17, 15) is 9.59 Å². The van der Waals surface area contributed by atoms with E-state index in [1.807, 2.05) is 13.8 Å². The zero-order chi connectivity index (χ0) is 13.0. The Kier molecular flexibility index (Phi) is 5.14. The summed E-state index contributed by atoms with van der Waals surface area (Å²) in [6, 6.07) is 1.69. The van der Waals surface area contributed by atoms with Crippen LogP contribution >= 0.6 is 27.3 Å². The second kappa shape index (κ2) is 6.16. The third kappa shape index (κ3) is 3.81. The third-order valence-electron chi connectivity index (χ3n) is 2.23. The van der Waals surface area contributed by atoms with Crippen molar-refractivity contribution in [3.63, 3.8) is 0 Å². The summed E-state index contributed by atoms with van der Waals surface area (Å²) >= 11 is 4.75. The van der Waals surface area contributed by atoms with Gasteiger partial charge in [0.2, 0.25) is 0 Å². The number of thiophene rings is 1. The first-order valence-corrected chi connectivity index (χ1v) is 6.74. The van der Waals surface area contributed by atoms with Crippen molar-refractivity contribution < 1.29 is 14.3 Å². The van der Waals surface area contributed by atoms with Gasteiger partial charge in [0.15, 0.2) is 0 Å². The first-order valence-electron chi connectivity index (χ1n) is 5.07. The van der Waals surface area contributed by atoms with Crippen molar-refractivity contribution in [2.24, 2.45) is 0 Å². The Balaban J connectivity index is 2.84. The Hall–Kier alpha value is -0.880. The van der Waals surface area contributed by atoms with Crippen LogP contribution in [-0.2, 0) is 9.53 Å². The molecule has 0 aliphatic heterocycles. The van der Waals surface area contributed by atoms with Crippen LogP contribution in [0.4, 0.5) is 0 Å². The molecule has 0 radical (unpaired) electrons. The number of esters is 1. The van der Waals surface area contributed by atoms with Crippen molar-refractivity contribution >= 4 is 39.1 Å². The van der Waals surface area contributed by atoms with Crippen LogP contribution in [0.2, 0.25) is 0 Å². The Morgan fingerprint density at radius 1 is 1.53 bits per heavy atom. The predicted octanol–water partition coefficient (Wildman–Crippen LogP) is 2.53. The van der Waals surface area contributed by atoms with Gasteiger partial charge in [0, 0.05) is 11.4 Å². The molecule has 0 saturated heterocycles. The lowest BCUT2D eigenvalue weighted by atomic mass is 10.2. The zero-order valence-electron chi connectivity index (χ0n) is 9.90. The van der Waals surface area contributed by atoms with Gasteiger partial charge in [-0.15, -0.1) is 11.3 Å². The second-order valence-electron chi connectivity index (χ2n) is 3.74. The van der Waals surface area contributed by atoms with E-state index >= 15 is 0 Å². The Bertz CT molecular complexity index is 417. The van der Waals surface area contributed by atoms with Crippen molar-refractivity contribution in [2.75, 3.05) is 13.7 Å². The topological polar surface area (TPSA) is 46.6 Å². The van der Waals surface area contributed by atoms with E-state index in [4.69, 9.17) is 0 Å². The maximum Gasteiger partial charge on any atom is 0.325 e. The Morgan fingerprint density at radius 2 is 2.18 bits per heavy atom. The number of carbonyl (C=O) groups is 2. The maximum atomic E-state index is 12.2. The monoisotopic (exact) mass is 319 g/mol. The third-order valence-corrected chi connectivity index (χ3v) is 3.73. The van der Waals surface area contributed by atoms with E-state index in [-0.39, 0.29) is 18.5 Å². The minimum absolute atomic E-state index is 0.0273. The van der Waals surface area contributed by atoms with E-state index in [2.05, 4.69) is 20.7 Å². The van der Waals surface area contributed by atoms with Gasteiger partial charge in [0.25, 0.3) is 5.91 Å². The molecule has 0 bridgehead atoms. The molecule has 0 aliphatic rings. The van der Waals surface area contributed by atoms with Gasteiger partial charge in [0.1, 0.15) is 6.54 Å². The van der Waals surface area contributed by atoms with Crippen molar-refractivity contribution in [3.8, 4) is 0 Å². The number of carbonyl (C=O) groups excluding carboxylic acids is 2. The molecule has 0 atom stereocenters. The summed E-state index contributed by atoms with van der Waals surface area (Å²) in [4.78, 5) is 24.9. The number of nitrogens with zero attached hydrogens (tertiary/aromatic N) is 1. The van der Waals surface area contributed by atoms with Gasteiger partial charge >= 0.3 is 5.97 Å². The molecule has 1 aromatic heterocycles. The average Bonchev–Trinajstić information content (AvgIpc) is 2.71. The number of halogens is 1. The molecule has 0 unspecified atom stereocenters. The van der Waals surface area contributed by atoms with Crippen LogP contribution in [0.1, 0.15) is 24.2 Å². The highest BCUT2D eigenvalue weighted by molar-refractivity contribution is 9.11. The average molecular weight is 320 g/mol. The van der Waals surface area contributed by atoms with Gasteiger partial charge in [-0.3, -0.25) is 9.59 Å². The second-order valence-corrected chi connectivity index (χ2v) is 6.03. The summed E-state index contributed by atoms with van der Waals surface area (Å²) in [5.41, 5.74) is 0.583. The summed E-state index contributed by atoms with van der Waals surface area (Å²) in [7, 11) is 1.31. The molecule has 4 nitrogen and oxygen atoms in total. The molecule has 0 aliphatic carbocycles. The molecule has 17 heavy (non-hydrogen) atoms. The van der Waals surface area contributed by atoms with Crippen LogP contribution in [0.25, 0.3) is 0 Å². The van der Waals surface area contributed by atoms with E-state index in [1.165, 1.54) is 23.3 Å².